The quantitative estimate of drug-likeness (QED) is 0.752. The van der Waals surface area contributed by atoms with E-state index in [1.807, 2.05) is 6.07 Å². The van der Waals surface area contributed by atoms with Crippen molar-refractivity contribution >= 4 is 5.52 Å². The minimum atomic E-state index is -0.114. The van der Waals surface area contributed by atoms with Crippen LogP contribution in [-0.2, 0) is 11.3 Å². The van der Waals surface area contributed by atoms with E-state index in [0.717, 1.165) is 44.3 Å². The van der Waals surface area contributed by atoms with Crippen molar-refractivity contribution in [1.29, 1.82) is 0 Å². The number of rotatable bonds is 4. The molecule has 7 heteroatoms. The SMILES string of the molecule is CC1CN(Cc2ccccc2)CC1c1nn2c(C3CCOC3)ncc2c(=O)[nH]1. The molecule has 0 amide bonds. The van der Waals surface area contributed by atoms with Gasteiger partial charge in [-0.15, -0.1) is 0 Å². The molecule has 2 aliphatic rings. The molecule has 2 aliphatic heterocycles. The average molecular weight is 379 g/mol. The maximum atomic E-state index is 12.7. The highest BCUT2D eigenvalue weighted by atomic mass is 16.5. The molecule has 3 unspecified atom stereocenters. The van der Waals surface area contributed by atoms with Gasteiger partial charge in [0.2, 0.25) is 0 Å². The average Bonchev–Trinajstić information content (AvgIpc) is 3.42. The van der Waals surface area contributed by atoms with Gasteiger partial charge < -0.3 is 9.72 Å². The first-order valence-electron chi connectivity index (χ1n) is 10.0. The maximum absolute atomic E-state index is 12.7. The van der Waals surface area contributed by atoms with Gasteiger partial charge >= 0.3 is 0 Å². The normalized spacial score (nSPS) is 25.7. The Morgan fingerprint density at radius 2 is 2.11 bits per heavy atom. The number of hydrogen-bond donors (Lipinski definition) is 1. The first-order valence-corrected chi connectivity index (χ1v) is 10.0. The molecule has 0 bridgehead atoms. The van der Waals surface area contributed by atoms with Crippen LogP contribution in [-0.4, -0.2) is 50.8 Å². The smallest absolute Gasteiger partial charge is 0.276 e. The number of fused-ring (bicyclic) bond motifs is 1. The lowest BCUT2D eigenvalue weighted by Crippen LogP contribution is -2.23. The first kappa shape index (κ1) is 17.6. The Hall–Kier alpha value is -2.51. The number of aromatic amines is 1. The van der Waals surface area contributed by atoms with Crippen molar-refractivity contribution in [2.24, 2.45) is 5.92 Å². The molecule has 0 saturated carbocycles. The summed E-state index contributed by atoms with van der Waals surface area (Å²) in [5.41, 5.74) is 1.71. The van der Waals surface area contributed by atoms with Crippen LogP contribution in [0.5, 0.6) is 0 Å². The van der Waals surface area contributed by atoms with E-state index in [9.17, 15) is 4.79 Å². The number of nitrogens with zero attached hydrogens (tertiary/aromatic N) is 4. The number of benzene rings is 1. The molecule has 2 saturated heterocycles. The first-order chi connectivity index (χ1) is 13.7. The molecule has 5 rings (SSSR count). The second-order valence-electron chi connectivity index (χ2n) is 8.08. The second kappa shape index (κ2) is 7.14. The Labute approximate surface area is 163 Å². The molecule has 2 aromatic heterocycles. The van der Waals surface area contributed by atoms with E-state index in [-0.39, 0.29) is 17.4 Å². The molecule has 2 fully saturated rings. The number of imidazole rings is 1. The van der Waals surface area contributed by atoms with Gasteiger partial charge in [0, 0.05) is 38.1 Å². The minimum Gasteiger partial charge on any atom is -0.381 e. The van der Waals surface area contributed by atoms with E-state index in [0.29, 0.717) is 18.0 Å². The molecule has 146 valence electrons. The van der Waals surface area contributed by atoms with Crippen LogP contribution < -0.4 is 5.56 Å². The molecule has 0 spiro atoms. The van der Waals surface area contributed by atoms with Crippen molar-refractivity contribution in [1.82, 2.24) is 24.5 Å². The minimum absolute atomic E-state index is 0.114. The highest BCUT2D eigenvalue weighted by Gasteiger charge is 2.33. The van der Waals surface area contributed by atoms with Crippen molar-refractivity contribution in [3.8, 4) is 0 Å². The van der Waals surface area contributed by atoms with Gasteiger partial charge in [-0.25, -0.2) is 9.50 Å². The van der Waals surface area contributed by atoms with Crippen molar-refractivity contribution in [2.75, 3.05) is 26.3 Å². The number of ether oxygens (including phenoxy) is 1. The van der Waals surface area contributed by atoms with Crippen LogP contribution in [0.2, 0.25) is 0 Å². The van der Waals surface area contributed by atoms with Crippen LogP contribution >= 0.6 is 0 Å². The van der Waals surface area contributed by atoms with Crippen LogP contribution in [0.4, 0.5) is 0 Å². The summed E-state index contributed by atoms with van der Waals surface area (Å²) in [6.45, 7) is 6.43. The van der Waals surface area contributed by atoms with Gasteiger partial charge in [-0.05, 0) is 17.9 Å². The summed E-state index contributed by atoms with van der Waals surface area (Å²) < 4.78 is 7.25. The Kier molecular flexibility index (Phi) is 4.49. The Morgan fingerprint density at radius 3 is 2.89 bits per heavy atom. The summed E-state index contributed by atoms with van der Waals surface area (Å²) in [5, 5.41) is 4.83. The lowest BCUT2D eigenvalue weighted by molar-refractivity contribution is 0.193. The Morgan fingerprint density at radius 1 is 1.25 bits per heavy atom. The Bertz CT molecular complexity index is 1020. The van der Waals surface area contributed by atoms with Crippen LogP contribution in [0, 0.1) is 5.92 Å². The summed E-state index contributed by atoms with van der Waals surface area (Å²) in [6, 6.07) is 10.5. The van der Waals surface area contributed by atoms with E-state index < -0.39 is 0 Å². The topological polar surface area (TPSA) is 75.5 Å². The predicted molar refractivity (Wildman–Crippen MR) is 105 cm³/mol. The summed E-state index contributed by atoms with van der Waals surface area (Å²) in [7, 11) is 0. The fourth-order valence-corrected chi connectivity index (χ4v) is 4.51. The molecule has 4 heterocycles. The lowest BCUT2D eigenvalue weighted by Gasteiger charge is -2.16. The van der Waals surface area contributed by atoms with E-state index in [4.69, 9.17) is 9.84 Å². The van der Waals surface area contributed by atoms with Gasteiger partial charge in [-0.1, -0.05) is 37.3 Å². The molecule has 7 nitrogen and oxygen atoms in total. The van der Waals surface area contributed by atoms with Crippen LogP contribution in [0.3, 0.4) is 0 Å². The summed E-state index contributed by atoms with van der Waals surface area (Å²) >= 11 is 0. The van der Waals surface area contributed by atoms with Crippen LogP contribution in [0.25, 0.3) is 5.52 Å². The standard InChI is InChI=1S/C21H25N5O2/c1-14-10-25(11-15-5-3-2-4-6-15)12-17(14)19-23-21(27)18-9-22-20(26(18)24-19)16-7-8-28-13-16/h2-6,9,14,16-17H,7-8,10-13H2,1H3,(H,23,24,27). The van der Waals surface area contributed by atoms with Crippen LogP contribution in [0.15, 0.2) is 41.3 Å². The molecule has 1 aromatic carbocycles. The third-order valence-corrected chi connectivity index (χ3v) is 6.03. The second-order valence-corrected chi connectivity index (χ2v) is 8.08. The van der Waals surface area contributed by atoms with Gasteiger partial charge in [0.1, 0.15) is 11.6 Å². The van der Waals surface area contributed by atoms with Gasteiger partial charge in [0.15, 0.2) is 5.52 Å². The van der Waals surface area contributed by atoms with Crippen molar-refractivity contribution in [2.45, 2.75) is 31.7 Å². The fourth-order valence-electron chi connectivity index (χ4n) is 4.51. The van der Waals surface area contributed by atoms with Gasteiger partial charge in [0.05, 0.1) is 12.8 Å². The third kappa shape index (κ3) is 3.14. The molecule has 1 N–H and O–H groups in total. The maximum Gasteiger partial charge on any atom is 0.276 e. The van der Waals surface area contributed by atoms with Gasteiger partial charge in [-0.2, -0.15) is 5.10 Å². The number of hydrogen-bond acceptors (Lipinski definition) is 5. The van der Waals surface area contributed by atoms with Crippen molar-refractivity contribution in [3.63, 3.8) is 0 Å². The van der Waals surface area contributed by atoms with Crippen molar-refractivity contribution < 1.29 is 4.74 Å². The van der Waals surface area contributed by atoms with Gasteiger partial charge in [-0.3, -0.25) is 9.69 Å². The zero-order valence-electron chi connectivity index (χ0n) is 16.0. The summed E-state index contributed by atoms with van der Waals surface area (Å²) in [6.07, 6.45) is 2.55. The van der Waals surface area contributed by atoms with Crippen molar-refractivity contribution in [3.05, 3.63) is 64.1 Å². The molecule has 3 atom stereocenters. The molecular formula is C21H25N5O2. The zero-order valence-corrected chi connectivity index (χ0v) is 16.0. The predicted octanol–water partition coefficient (Wildman–Crippen LogP) is 2.16. The Balaban J connectivity index is 1.43. The highest BCUT2D eigenvalue weighted by molar-refractivity contribution is 5.42. The number of nitrogens with one attached hydrogen (secondary N) is 1. The molecule has 0 aliphatic carbocycles. The largest absolute Gasteiger partial charge is 0.381 e. The summed E-state index contributed by atoms with van der Waals surface area (Å²) in [5.74, 6) is 2.44. The zero-order chi connectivity index (χ0) is 19.1. The number of likely N-dealkylation sites (tertiary alicyclic amines) is 1. The highest BCUT2D eigenvalue weighted by Crippen LogP contribution is 2.31. The van der Waals surface area contributed by atoms with E-state index in [1.165, 1.54) is 5.56 Å². The lowest BCUT2D eigenvalue weighted by atomic mass is 9.97. The molecule has 28 heavy (non-hydrogen) atoms. The van der Waals surface area contributed by atoms with Gasteiger partial charge in [0.25, 0.3) is 5.56 Å². The number of aromatic nitrogens is 4. The van der Waals surface area contributed by atoms with E-state index in [1.54, 1.807) is 10.7 Å². The molecular weight excluding hydrogens is 354 g/mol. The molecule has 3 aromatic rings. The fraction of sp³-hybridized carbons (Fsp3) is 0.476. The van der Waals surface area contributed by atoms with Crippen LogP contribution in [0.1, 0.15) is 42.4 Å². The molecule has 0 radical (unpaired) electrons. The summed E-state index contributed by atoms with van der Waals surface area (Å²) in [4.78, 5) is 22.6. The number of H-pyrrole nitrogens is 1. The monoisotopic (exact) mass is 379 g/mol. The van der Waals surface area contributed by atoms with E-state index >= 15 is 0 Å². The van der Waals surface area contributed by atoms with E-state index in [2.05, 4.69) is 46.1 Å². The third-order valence-electron chi connectivity index (χ3n) is 6.03.